The fourth-order valence-electron chi connectivity index (χ4n) is 5.88. The summed E-state index contributed by atoms with van der Waals surface area (Å²) in [6.07, 6.45) is -1.69. The molecule has 0 spiro atoms. The van der Waals surface area contributed by atoms with Crippen molar-refractivity contribution in [2.75, 3.05) is 44.8 Å². The van der Waals surface area contributed by atoms with Crippen LogP contribution < -0.4 is 5.32 Å². The molecule has 1 N–H and O–H groups in total. The molecule has 0 unspecified atom stereocenters. The third kappa shape index (κ3) is 8.20. The first kappa shape index (κ1) is 32.5. The van der Waals surface area contributed by atoms with E-state index in [1.165, 1.54) is 4.90 Å². The van der Waals surface area contributed by atoms with Crippen molar-refractivity contribution in [1.82, 2.24) is 35.0 Å². The van der Waals surface area contributed by atoms with Crippen LogP contribution in [0.1, 0.15) is 36.2 Å². The molecule has 0 bridgehead atoms. The van der Waals surface area contributed by atoms with Crippen LogP contribution in [0.3, 0.4) is 0 Å². The highest BCUT2D eigenvalue weighted by molar-refractivity contribution is 6.76. The van der Waals surface area contributed by atoms with E-state index < -0.39 is 26.8 Å². The standard InChI is InChI=1S/C30H42F4N8OSi/c1-21-14-23-15-22(29-37-38-39-42(29)20-43-12-13-44(2,3)4)6-8-26(23)28(41(21)19-30(32,33)34)27-9-7-24(16-35-27)36-25-17-40(18-25)11-5-10-31/h6-9,15-16,21,25,28,36H,5,10-14,17-20H2,1-4H3/t21-,28+/m1/s1. The molecule has 3 aromatic rings. The van der Waals surface area contributed by atoms with Crippen molar-refractivity contribution in [1.29, 1.82) is 0 Å². The fraction of sp³-hybridized carbons (Fsp3) is 0.600. The summed E-state index contributed by atoms with van der Waals surface area (Å²) in [5, 5.41) is 15.6. The van der Waals surface area contributed by atoms with Gasteiger partial charge in [0.1, 0.15) is 6.73 Å². The van der Waals surface area contributed by atoms with Gasteiger partial charge in [0.05, 0.1) is 42.9 Å². The quantitative estimate of drug-likeness (QED) is 0.152. The zero-order valence-electron chi connectivity index (χ0n) is 25.8. The van der Waals surface area contributed by atoms with Gasteiger partial charge in [-0.2, -0.15) is 17.9 Å². The SMILES string of the molecule is C[C@@H]1Cc2cc(-c3nnnn3COCC[Si](C)(C)C)ccc2[C@@H](c2ccc(NC3CN(CCCF)C3)cn2)N1CC(F)(F)F. The highest BCUT2D eigenvalue weighted by Gasteiger charge is 2.41. The minimum Gasteiger partial charge on any atom is -0.378 e. The Hall–Kier alpha value is -2.94. The smallest absolute Gasteiger partial charge is 0.378 e. The van der Waals surface area contributed by atoms with Crippen molar-refractivity contribution in [3.05, 3.63) is 53.3 Å². The number of nitrogens with one attached hydrogen (secondary N) is 1. The van der Waals surface area contributed by atoms with E-state index in [0.29, 0.717) is 31.0 Å². The van der Waals surface area contributed by atoms with Crippen LogP contribution in [0.5, 0.6) is 0 Å². The number of rotatable bonds is 13. The number of nitrogens with zero attached hydrogens (tertiary/aromatic N) is 7. The Kier molecular flexibility index (Phi) is 10.0. The summed E-state index contributed by atoms with van der Waals surface area (Å²) in [5.41, 5.74) is 3.88. The predicted molar refractivity (Wildman–Crippen MR) is 164 cm³/mol. The normalized spacial score (nSPS) is 20.0. The van der Waals surface area contributed by atoms with E-state index >= 15 is 0 Å². The van der Waals surface area contributed by atoms with E-state index in [-0.39, 0.29) is 25.5 Å². The molecule has 0 saturated carbocycles. The van der Waals surface area contributed by atoms with Crippen molar-refractivity contribution in [2.24, 2.45) is 0 Å². The summed E-state index contributed by atoms with van der Waals surface area (Å²) >= 11 is 0. The third-order valence-electron chi connectivity index (χ3n) is 8.22. The van der Waals surface area contributed by atoms with Crippen molar-refractivity contribution in [3.8, 4) is 11.4 Å². The number of hydrogen-bond acceptors (Lipinski definition) is 8. The lowest BCUT2D eigenvalue weighted by atomic mass is 9.85. The maximum atomic E-state index is 13.8. The van der Waals surface area contributed by atoms with Crippen LogP contribution >= 0.6 is 0 Å². The second-order valence-corrected chi connectivity index (χ2v) is 18.7. The van der Waals surface area contributed by atoms with Crippen LogP contribution in [0, 0.1) is 0 Å². The van der Waals surface area contributed by atoms with Gasteiger partial charge >= 0.3 is 6.18 Å². The Labute approximate surface area is 257 Å². The minimum absolute atomic E-state index is 0.225. The topological polar surface area (TPSA) is 84.2 Å². The van der Waals surface area contributed by atoms with Gasteiger partial charge in [-0.05, 0) is 65.6 Å². The van der Waals surface area contributed by atoms with Crippen LogP contribution in [-0.4, -0.2) is 101 Å². The Bertz CT molecular complexity index is 1370. The lowest BCUT2D eigenvalue weighted by Crippen LogP contribution is -2.54. The average molecular weight is 635 g/mol. The van der Waals surface area contributed by atoms with E-state index in [1.54, 1.807) is 10.9 Å². The first-order valence-electron chi connectivity index (χ1n) is 15.2. The van der Waals surface area contributed by atoms with Crippen molar-refractivity contribution in [2.45, 2.75) is 76.5 Å². The summed E-state index contributed by atoms with van der Waals surface area (Å²) in [7, 11) is -1.23. The molecule has 0 radical (unpaired) electrons. The highest BCUT2D eigenvalue weighted by atomic mass is 28.3. The molecule has 1 saturated heterocycles. The summed E-state index contributed by atoms with van der Waals surface area (Å²) in [6.45, 7) is 10.6. The molecule has 1 fully saturated rings. The molecular weight excluding hydrogens is 592 g/mol. The third-order valence-corrected chi connectivity index (χ3v) is 9.92. The summed E-state index contributed by atoms with van der Waals surface area (Å²) in [4.78, 5) is 8.33. The van der Waals surface area contributed by atoms with Crippen molar-refractivity contribution in [3.63, 3.8) is 0 Å². The fourth-order valence-corrected chi connectivity index (χ4v) is 6.64. The lowest BCUT2D eigenvalue weighted by molar-refractivity contribution is -0.155. The van der Waals surface area contributed by atoms with Gasteiger partial charge in [-0.25, -0.2) is 0 Å². The molecule has 240 valence electrons. The molecular formula is C30H42F4N8OSi. The van der Waals surface area contributed by atoms with E-state index in [2.05, 4.69) is 50.4 Å². The van der Waals surface area contributed by atoms with Gasteiger partial charge in [0.15, 0.2) is 5.82 Å². The zero-order chi connectivity index (χ0) is 31.5. The van der Waals surface area contributed by atoms with E-state index in [1.807, 2.05) is 37.3 Å². The van der Waals surface area contributed by atoms with Crippen LogP contribution in [-0.2, 0) is 17.9 Å². The maximum absolute atomic E-state index is 13.8. The number of pyridine rings is 1. The summed E-state index contributed by atoms with van der Waals surface area (Å²) < 4.78 is 61.3. The van der Waals surface area contributed by atoms with Crippen molar-refractivity contribution < 1.29 is 22.3 Å². The Morgan fingerprint density at radius 1 is 1.11 bits per heavy atom. The van der Waals surface area contributed by atoms with Crippen LogP contribution in [0.2, 0.25) is 25.7 Å². The van der Waals surface area contributed by atoms with Crippen molar-refractivity contribution >= 4 is 13.8 Å². The monoisotopic (exact) mass is 634 g/mol. The number of likely N-dealkylation sites (tertiary alicyclic amines) is 1. The minimum atomic E-state index is -4.36. The number of aromatic nitrogens is 5. The molecule has 44 heavy (non-hydrogen) atoms. The zero-order valence-corrected chi connectivity index (χ0v) is 26.8. The van der Waals surface area contributed by atoms with Gasteiger partial charge in [-0.1, -0.05) is 31.8 Å². The molecule has 14 heteroatoms. The number of halogens is 4. The molecule has 0 amide bonds. The first-order chi connectivity index (χ1) is 20.9. The van der Waals surface area contributed by atoms with Gasteiger partial charge in [-0.15, -0.1) is 5.10 Å². The predicted octanol–water partition coefficient (Wildman–Crippen LogP) is 5.40. The van der Waals surface area contributed by atoms with E-state index in [0.717, 1.165) is 48.1 Å². The Balaban J connectivity index is 1.35. The maximum Gasteiger partial charge on any atom is 0.401 e. The summed E-state index contributed by atoms with van der Waals surface area (Å²) in [5.74, 6) is 0.551. The van der Waals surface area contributed by atoms with E-state index in [4.69, 9.17) is 4.74 Å². The Morgan fingerprint density at radius 2 is 1.91 bits per heavy atom. The van der Waals surface area contributed by atoms with Gasteiger partial charge in [0, 0.05) is 45.9 Å². The summed E-state index contributed by atoms with van der Waals surface area (Å²) in [6, 6.07) is 9.63. The number of hydrogen-bond donors (Lipinski definition) is 1. The number of ether oxygens (including phenoxy) is 1. The molecule has 2 aliphatic rings. The molecule has 2 aromatic heterocycles. The van der Waals surface area contributed by atoms with E-state index in [9.17, 15) is 17.6 Å². The Morgan fingerprint density at radius 3 is 2.59 bits per heavy atom. The molecule has 2 atom stereocenters. The van der Waals surface area contributed by atoms with Crippen LogP contribution in [0.25, 0.3) is 11.4 Å². The highest BCUT2D eigenvalue weighted by Crippen LogP contribution is 2.40. The van der Waals surface area contributed by atoms with Gasteiger partial charge in [-0.3, -0.25) is 19.2 Å². The molecule has 5 rings (SSSR count). The van der Waals surface area contributed by atoms with Gasteiger partial charge in [0.2, 0.25) is 0 Å². The second-order valence-electron chi connectivity index (χ2n) is 13.1. The average Bonchev–Trinajstić information content (AvgIpc) is 3.40. The molecule has 0 aliphatic carbocycles. The van der Waals surface area contributed by atoms with Crippen LogP contribution in [0.4, 0.5) is 23.2 Å². The number of fused-ring (bicyclic) bond motifs is 1. The molecule has 9 nitrogen and oxygen atoms in total. The molecule has 4 heterocycles. The number of benzene rings is 1. The lowest BCUT2D eigenvalue weighted by Gasteiger charge is -2.42. The molecule has 2 aliphatic heterocycles. The second kappa shape index (κ2) is 13.6. The van der Waals surface area contributed by atoms with Crippen LogP contribution in [0.15, 0.2) is 36.5 Å². The van der Waals surface area contributed by atoms with Gasteiger partial charge < -0.3 is 10.1 Å². The largest absolute Gasteiger partial charge is 0.401 e. The van der Waals surface area contributed by atoms with Gasteiger partial charge in [0.25, 0.3) is 0 Å². The number of alkyl halides is 4. The number of anilines is 1. The first-order valence-corrected chi connectivity index (χ1v) is 18.9. The molecule has 1 aromatic carbocycles. The number of tetrazole rings is 1.